The zero-order valence-corrected chi connectivity index (χ0v) is 27.6. The Morgan fingerprint density at radius 3 is 1.81 bits per heavy atom. The van der Waals surface area contributed by atoms with Crippen LogP contribution in [0.3, 0.4) is 0 Å². The minimum absolute atomic E-state index is 0.0279. The summed E-state index contributed by atoms with van der Waals surface area (Å²) in [6, 6.07) is 26.8. The van der Waals surface area contributed by atoms with E-state index in [1.165, 1.54) is 0 Å². The summed E-state index contributed by atoms with van der Waals surface area (Å²) in [5.41, 5.74) is 1.76. The molecule has 0 bridgehead atoms. The fourth-order valence-corrected chi connectivity index (χ4v) is 4.54. The highest BCUT2D eigenvalue weighted by atomic mass is 16.6. The van der Waals surface area contributed by atoms with Gasteiger partial charge in [0.1, 0.15) is 25.4 Å². The van der Waals surface area contributed by atoms with Crippen molar-refractivity contribution >= 4 is 29.7 Å². The number of hydrogen-bond acceptors (Lipinski definition) is 9. The summed E-state index contributed by atoms with van der Waals surface area (Å²) in [5, 5.41) is 5.09. The largest absolute Gasteiger partial charge is 0.461 e. The molecule has 0 radical (unpaired) electrons. The van der Waals surface area contributed by atoms with Crippen LogP contribution in [0.1, 0.15) is 50.3 Å². The third-order valence-corrected chi connectivity index (χ3v) is 6.76. The summed E-state index contributed by atoms with van der Waals surface area (Å²) in [4.78, 5) is 63.2. The van der Waals surface area contributed by atoms with Gasteiger partial charge in [-0.1, -0.05) is 91.0 Å². The van der Waals surface area contributed by atoms with Crippen LogP contribution in [-0.2, 0) is 57.8 Å². The Hall–Kier alpha value is -5.03. The molecule has 3 aromatic carbocycles. The van der Waals surface area contributed by atoms with E-state index in [0.29, 0.717) is 6.42 Å². The number of hydrogen-bond donors (Lipinski definition) is 2. The van der Waals surface area contributed by atoms with E-state index in [9.17, 15) is 24.0 Å². The van der Waals surface area contributed by atoms with Crippen molar-refractivity contribution in [2.45, 2.75) is 64.9 Å². The lowest BCUT2D eigenvalue weighted by Gasteiger charge is -2.23. The maximum Gasteiger partial charge on any atom is 0.407 e. The van der Waals surface area contributed by atoms with E-state index in [2.05, 4.69) is 10.6 Å². The smallest absolute Gasteiger partial charge is 0.407 e. The van der Waals surface area contributed by atoms with E-state index >= 15 is 0 Å². The number of benzene rings is 3. The van der Waals surface area contributed by atoms with Crippen molar-refractivity contribution in [3.05, 3.63) is 108 Å². The van der Waals surface area contributed by atoms with Crippen LogP contribution in [0.4, 0.5) is 4.79 Å². The molecule has 48 heavy (non-hydrogen) atoms. The molecule has 3 rings (SSSR count). The number of carbonyl (C=O) groups is 5. The SMILES string of the molecule is CC(C)(C)OC(=O)C[C@@H](COCC(=O)NCC(=O)C[C@@H](Cc1ccccc1)C(=O)OCc1ccccc1)NC(=O)OCc1ccccc1. The maximum atomic E-state index is 13.0. The molecular weight excluding hydrogens is 616 g/mol. The Bertz CT molecular complexity index is 1460. The molecule has 0 aromatic heterocycles. The molecule has 0 fully saturated rings. The lowest BCUT2D eigenvalue weighted by atomic mass is 9.94. The standard InChI is InChI=1S/C37H44N2O9/c1-37(2,3)48-34(42)21-31(39-36(44)47-24-29-17-11-6-12-18-29)25-45-26-33(41)38-22-32(40)20-30(19-27-13-7-4-8-14-27)35(43)46-23-28-15-9-5-10-16-28/h4-18,30-31H,19-26H2,1-3H3,(H,38,41)(H,39,44)/t30-,31+/m1/s1. The third kappa shape index (κ3) is 15.5. The highest BCUT2D eigenvalue weighted by Crippen LogP contribution is 2.16. The molecule has 11 heteroatoms. The number of esters is 2. The fourth-order valence-electron chi connectivity index (χ4n) is 4.54. The number of alkyl carbamates (subject to hydrolysis) is 1. The van der Waals surface area contributed by atoms with Gasteiger partial charge in [-0.3, -0.25) is 19.2 Å². The molecule has 0 aliphatic carbocycles. The molecule has 0 unspecified atom stereocenters. The molecule has 0 saturated carbocycles. The Kier molecular flexibility index (Phi) is 15.3. The Morgan fingerprint density at radius 2 is 1.25 bits per heavy atom. The molecule has 2 amide bonds. The summed E-state index contributed by atoms with van der Waals surface area (Å²) < 4.78 is 21.6. The average Bonchev–Trinajstić information content (AvgIpc) is 3.05. The van der Waals surface area contributed by atoms with Crippen molar-refractivity contribution in [2.24, 2.45) is 5.92 Å². The molecule has 256 valence electrons. The van der Waals surface area contributed by atoms with Gasteiger partial charge in [0.15, 0.2) is 5.78 Å². The number of ether oxygens (including phenoxy) is 4. The van der Waals surface area contributed by atoms with E-state index in [0.717, 1.165) is 16.7 Å². The summed E-state index contributed by atoms with van der Waals surface area (Å²) in [7, 11) is 0. The van der Waals surface area contributed by atoms with Gasteiger partial charge in [-0.15, -0.1) is 0 Å². The van der Waals surface area contributed by atoms with Gasteiger partial charge in [-0.05, 0) is 43.9 Å². The van der Waals surface area contributed by atoms with Crippen LogP contribution in [0.5, 0.6) is 0 Å². The van der Waals surface area contributed by atoms with Crippen molar-refractivity contribution in [3.63, 3.8) is 0 Å². The lowest BCUT2D eigenvalue weighted by molar-refractivity contribution is -0.155. The van der Waals surface area contributed by atoms with Crippen LogP contribution in [-0.4, -0.2) is 61.1 Å². The maximum absolute atomic E-state index is 13.0. The van der Waals surface area contributed by atoms with Gasteiger partial charge in [0, 0.05) is 6.42 Å². The Morgan fingerprint density at radius 1 is 0.708 bits per heavy atom. The topological polar surface area (TPSA) is 146 Å². The molecule has 0 saturated heterocycles. The van der Waals surface area contributed by atoms with Gasteiger partial charge in [0.05, 0.1) is 31.5 Å². The van der Waals surface area contributed by atoms with Gasteiger partial charge in [0.2, 0.25) is 5.91 Å². The minimum Gasteiger partial charge on any atom is -0.461 e. The summed E-state index contributed by atoms with van der Waals surface area (Å²) in [5.74, 6) is -2.75. The molecule has 2 N–H and O–H groups in total. The number of amides is 2. The molecule has 2 atom stereocenters. The van der Waals surface area contributed by atoms with Crippen LogP contribution in [0, 0.1) is 5.92 Å². The first-order valence-electron chi connectivity index (χ1n) is 15.8. The van der Waals surface area contributed by atoms with E-state index in [4.69, 9.17) is 18.9 Å². The first-order valence-corrected chi connectivity index (χ1v) is 15.8. The second-order valence-corrected chi connectivity index (χ2v) is 12.2. The van der Waals surface area contributed by atoms with Crippen molar-refractivity contribution < 1.29 is 42.9 Å². The van der Waals surface area contributed by atoms with E-state index in [-0.39, 0.29) is 45.0 Å². The van der Waals surface area contributed by atoms with Crippen molar-refractivity contribution in [3.8, 4) is 0 Å². The average molecular weight is 661 g/mol. The Labute approximate surface area is 281 Å². The third-order valence-electron chi connectivity index (χ3n) is 6.76. The highest BCUT2D eigenvalue weighted by Gasteiger charge is 2.25. The van der Waals surface area contributed by atoms with Crippen molar-refractivity contribution in [1.29, 1.82) is 0 Å². The highest BCUT2D eigenvalue weighted by molar-refractivity contribution is 5.89. The minimum atomic E-state index is -0.849. The van der Waals surface area contributed by atoms with Crippen LogP contribution < -0.4 is 10.6 Å². The summed E-state index contributed by atoms with van der Waals surface area (Å²) in [6.45, 7) is 4.33. The molecule has 0 heterocycles. The zero-order chi connectivity index (χ0) is 34.8. The Balaban J connectivity index is 1.48. The fraction of sp³-hybridized carbons (Fsp3) is 0.378. The second-order valence-electron chi connectivity index (χ2n) is 12.2. The van der Waals surface area contributed by atoms with E-state index in [1.807, 2.05) is 78.9 Å². The van der Waals surface area contributed by atoms with Gasteiger partial charge in [-0.2, -0.15) is 0 Å². The van der Waals surface area contributed by atoms with Gasteiger partial charge < -0.3 is 29.6 Å². The number of nitrogens with one attached hydrogen (secondary N) is 2. The lowest BCUT2D eigenvalue weighted by Crippen LogP contribution is -2.42. The van der Waals surface area contributed by atoms with Crippen LogP contribution >= 0.6 is 0 Å². The van der Waals surface area contributed by atoms with Crippen LogP contribution in [0.15, 0.2) is 91.0 Å². The summed E-state index contributed by atoms with van der Waals surface area (Å²) >= 11 is 0. The first kappa shape index (κ1) is 37.4. The number of rotatable bonds is 18. The van der Waals surface area contributed by atoms with E-state index in [1.54, 1.807) is 32.9 Å². The quantitative estimate of drug-likeness (QED) is 0.146. The second kappa shape index (κ2) is 19.6. The predicted octanol–water partition coefficient (Wildman–Crippen LogP) is 4.71. The van der Waals surface area contributed by atoms with Gasteiger partial charge in [0.25, 0.3) is 0 Å². The molecule has 0 spiro atoms. The van der Waals surface area contributed by atoms with Crippen LogP contribution in [0.25, 0.3) is 0 Å². The molecule has 3 aromatic rings. The molecule has 0 aliphatic rings. The van der Waals surface area contributed by atoms with Gasteiger partial charge >= 0.3 is 18.0 Å². The van der Waals surface area contributed by atoms with E-state index < -0.39 is 48.1 Å². The summed E-state index contributed by atoms with van der Waals surface area (Å²) in [6.07, 6.45) is -0.812. The number of carbonyl (C=O) groups excluding carboxylic acids is 5. The normalized spacial score (nSPS) is 12.2. The van der Waals surface area contributed by atoms with Crippen LogP contribution in [0.2, 0.25) is 0 Å². The van der Waals surface area contributed by atoms with Crippen molar-refractivity contribution in [1.82, 2.24) is 10.6 Å². The molecular formula is C37H44N2O9. The van der Waals surface area contributed by atoms with Crippen molar-refractivity contribution in [2.75, 3.05) is 19.8 Å². The monoisotopic (exact) mass is 660 g/mol. The predicted molar refractivity (Wildman–Crippen MR) is 177 cm³/mol. The molecule has 0 aliphatic heterocycles. The van der Waals surface area contributed by atoms with Gasteiger partial charge in [-0.25, -0.2) is 4.79 Å². The number of Topliss-reactive ketones (excluding diaryl/α,β-unsaturated/α-hetero) is 1. The zero-order valence-electron chi connectivity index (χ0n) is 27.6. The first-order chi connectivity index (χ1) is 23.0. The number of ketones is 1. The molecule has 11 nitrogen and oxygen atoms in total.